The molecule has 2 aliphatic heterocycles. The SMILES string of the molecule is COC(=O)C1CCN(C(=O)C[C@H]2CSc3nc(C)cc(=O)n32)CC1. The van der Waals surface area contributed by atoms with Crippen LogP contribution in [0.1, 0.15) is 31.0 Å². The molecule has 0 radical (unpaired) electrons. The summed E-state index contributed by atoms with van der Waals surface area (Å²) in [6.45, 7) is 2.92. The number of carbonyl (C=O) groups is 2. The molecule has 0 spiro atoms. The molecule has 0 aliphatic carbocycles. The molecule has 3 rings (SSSR count). The first-order chi connectivity index (χ1) is 11.5. The highest BCUT2D eigenvalue weighted by molar-refractivity contribution is 7.99. The van der Waals surface area contributed by atoms with E-state index in [1.54, 1.807) is 16.4 Å². The van der Waals surface area contributed by atoms with E-state index in [1.165, 1.54) is 24.9 Å². The third-order valence-corrected chi connectivity index (χ3v) is 5.71. The molecule has 1 atom stereocenters. The van der Waals surface area contributed by atoms with Crippen molar-refractivity contribution in [2.75, 3.05) is 26.0 Å². The maximum absolute atomic E-state index is 12.6. The fraction of sp³-hybridized carbons (Fsp3) is 0.625. The van der Waals surface area contributed by atoms with Gasteiger partial charge in [0, 0.05) is 37.0 Å². The highest BCUT2D eigenvalue weighted by Gasteiger charge is 2.32. The van der Waals surface area contributed by atoms with E-state index < -0.39 is 0 Å². The van der Waals surface area contributed by atoms with Gasteiger partial charge in [0.05, 0.1) is 19.1 Å². The lowest BCUT2D eigenvalue weighted by Crippen LogP contribution is -2.41. The Kier molecular flexibility index (Phi) is 4.93. The summed E-state index contributed by atoms with van der Waals surface area (Å²) in [6, 6.07) is 1.37. The van der Waals surface area contributed by atoms with Crippen LogP contribution in [-0.4, -0.2) is 52.3 Å². The van der Waals surface area contributed by atoms with Crippen molar-refractivity contribution in [1.82, 2.24) is 14.5 Å². The zero-order chi connectivity index (χ0) is 17.3. The van der Waals surface area contributed by atoms with Crippen LogP contribution in [0.5, 0.6) is 0 Å². The number of esters is 1. The average Bonchev–Trinajstić information content (AvgIpc) is 2.97. The van der Waals surface area contributed by atoms with Gasteiger partial charge in [-0.2, -0.15) is 0 Å². The van der Waals surface area contributed by atoms with Crippen molar-refractivity contribution in [3.05, 3.63) is 22.1 Å². The first-order valence-corrected chi connectivity index (χ1v) is 9.06. The van der Waals surface area contributed by atoms with Crippen molar-refractivity contribution >= 4 is 23.6 Å². The van der Waals surface area contributed by atoms with Gasteiger partial charge >= 0.3 is 5.97 Å². The summed E-state index contributed by atoms with van der Waals surface area (Å²) in [6.07, 6.45) is 1.57. The third kappa shape index (κ3) is 3.33. The Bertz CT molecular complexity index is 710. The molecule has 0 saturated carbocycles. The molecule has 0 aromatic carbocycles. The Morgan fingerprint density at radius 3 is 2.75 bits per heavy atom. The number of amides is 1. The molecule has 7 nitrogen and oxygen atoms in total. The Labute approximate surface area is 144 Å². The molecule has 1 amide bonds. The van der Waals surface area contributed by atoms with E-state index in [0.29, 0.717) is 49.0 Å². The van der Waals surface area contributed by atoms with Crippen molar-refractivity contribution in [2.45, 2.75) is 37.4 Å². The molecule has 8 heteroatoms. The average molecular weight is 351 g/mol. The summed E-state index contributed by atoms with van der Waals surface area (Å²) in [4.78, 5) is 42.4. The molecule has 1 aromatic heterocycles. The van der Waals surface area contributed by atoms with Crippen LogP contribution in [0.25, 0.3) is 0 Å². The minimum Gasteiger partial charge on any atom is -0.469 e. The first kappa shape index (κ1) is 17.0. The van der Waals surface area contributed by atoms with Crippen LogP contribution in [0.3, 0.4) is 0 Å². The van der Waals surface area contributed by atoms with E-state index in [1.807, 2.05) is 0 Å². The number of aryl methyl sites for hydroxylation is 1. The molecular formula is C16H21N3O4S. The Balaban J connectivity index is 1.62. The third-order valence-electron chi connectivity index (χ3n) is 4.61. The monoisotopic (exact) mass is 351 g/mol. The van der Waals surface area contributed by atoms with Crippen molar-refractivity contribution in [3.8, 4) is 0 Å². The van der Waals surface area contributed by atoms with Gasteiger partial charge in [-0.1, -0.05) is 11.8 Å². The van der Waals surface area contributed by atoms with Crippen LogP contribution in [0.15, 0.2) is 16.0 Å². The number of thioether (sulfide) groups is 1. The molecule has 0 N–H and O–H groups in total. The van der Waals surface area contributed by atoms with Gasteiger partial charge in [-0.15, -0.1) is 0 Å². The minimum absolute atomic E-state index is 0.0317. The summed E-state index contributed by atoms with van der Waals surface area (Å²) in [5.74, 6) is 0.410. The number of rotatable bonds is 3. The number of piperidine rings is 1. The Morgan fingerprint density at radius 2 is 2.08 bits per heavy atom. The van der Waals surface area contributed by atoms with Crippen molar-refractivity contribution in [1.29, 1.82) is 0 Å². The van der Waals surface area contributed by atoms with Crippen LogP contribution in [0.4, 0.5) is 0 Å². The van der Waals surface area contributed by atoms with Crippen molar-refractivity contribution < 1.29 is 14.3 Å². The van der Waals surface area contributed by atoms with Crippen molar-refractivity contribution in [2.24, 2.45) is 5.92 Å². The molecular weight excluding hydrogens is 330 g/mol. The van der Waals surface area contributed by atoms with Gasteiger partial charge in [-0.3, -0.25) is 19.0 Å². The maximum atomic E-state index is 12.6. The lowest BCUT2D eigenvalue weighted by molar-refractivity contribution is -0.149. The van der Waals surface area contributed by atoms with Crippen molar-refractivity contribution in [3.63, 3.8) is 0 Å². The number of hydrogen-bond acceptors (Lipinski definition) is 6. The summed E-state index contributed by atoms with van der Waals surface area (Å²) in [5, 5.41) is 0.696. The fourth-order valence-electron chi connectivity index (χ4n) is 3.27. The number of ether oxygens (including phenoxy) is 1. The summed E-state index contributed by atoms with van der Waals surface area (Å²) in [5.41, 5.74) is 0.611. The lowest BCUT2D eigenvalue weighted by atomic mass is 9.96. The Hall–Kier alpha value is -1.83. The maximum Gasteiger partial charge on any atom is 0.308 e. The predicted octanol–water partition coefficient (Wildman–Crippen LogP) is 1.00. The zero-order valence-corrected chi connectivity index (χ0v) is 14.7. The van der Waals surface area contributed by atoms with Gasteiger partial charge in [0.15, 0.2) is 5.16 Å². The molecule has 3 heterocycles. The molecule has 2 aliphatic rings. The summed E-state index contributed by atoms with van der Waals surface area (Å²) >= 11 is 1.52. The van der Waals surface area contributed by atoms with E-state index in [0.717, 1.165) is 0 Å². The zero-order valence-electron chi connectivity index (χ0n) is 13.9. The highest BCUT2D eigenvalue weighted by Crippen LogP contribution is 2.32. The number of likely N-dealkylation sites (tertiary alicyclic amines) is 1. The molecule has 1 fully saturated rings. The molecule has 0 bridgehead atoms. The standard InChI is InChI=1S/C16H21N3O4S/c1-10-7-14(21)19-12(9-24-16(19)17-10)8-13(20)18-5-3-11(4-6-18)15(22)23-2/h7,11-12H,3-6,8-9H2,1-2H3/t12-/m0/s1. The predicted molar refractivity (Wildman–Crippen MR) is 88.9 cm³/mol. The number of carbonyl (C=O) groups excluding carboxylic acids is 2. The topological polar surface area (TPSA) is 81.5 Å². The minimum atomic E-state index is -0.198. The quantitative estimate of drug-likeness (QED) is 0.597. The van der Waals surface area contributed by atoms with Gasteiger partial charge < -0.3 is 9.64 Å². The molecule has 0 unspecified atom stereocenters. The summed E-state index contributed by atoms with van der Waals surface area (Å²) < 4.78 is 6.40. The van der Waals surface area contributed by atoms with Crippen LogP contribution in [-0.2, 0) is 14.3 Å². The number of aromatic nitrogens is 2. The van der Waals surface area contributed by atoms with Crippen LogP contribution >= 0.6 is 11.8 Å². The number of fused-ring (bicyclic) bond motifs is 1. The van der Waals surface area contributed by atoms with E-state index in [4.69, 9.17) is 4.74 Å². The largest absolute Gasteiger partial charge is 0.469 e. The molecule has 130 valence electrons. The smallest absolute Gasteiger partial charge is 0.308 e. The van der Waals surface area contributed by atoms with Crippen LogP contribution in [0.2, 0.25) is 0 Å². The van der Waals surface area contributed by atoms with E-state index >= 15 is 0 Å². The Morgan fingerprint density at radius 1 is 1.38 bits per heavy atom. The van der Waals surface area contributed by atoms with Gasteiger partial charge in [0.2, 0.25) is 5.91 Å². The lowest BCUT2D eigenvalue weighted by Gasteiger charge is -2.31. The van der Waals surface area contributed by atoms with E-state index in [-0.39, 0.29) is 29.4 Å². The van der Waals surface area contributed by atoms with Crippen LogP contribution in [0, 0.1) is 12.8 Å². The number of nitrogens with zero attached hydrogens (tertiary/aromatic N) is 3. The van der Waals surface area contributed by atoms with Gasteiger partial charge in [0.1, 0.15) is 0 Å². The van der Waals surface area contributed by atoms with Gasteiger partial charge in [0.25, 0.3) is 5.56 Å². The normalized spacial score (nSPS) is 20.8. The first-order valence-electron chi connectivity index (χ1n) is 8.08. The van der Waals surface area contributed by atoms with Crippen LogP contribution < -0.4 is 5.56 Å². The fourth-order valence-corrected chi connectivity index (χ4v) is 4.47. The second-order valence-electron chi connectivity index (χ2n) is 6.24. The number of methoxy groups -OCH3 is 1. The molecule has 1 aromatic rings. The molecule has 24 heavy (non-hydrogen) atoms. The van der Waals surface area contributed by atoms with Gasteiger partial charge in [-0.25, -0.2) is 4.98 Å². The summed E-state index contributed by atoms with van der Waals surface area (Å²) in [7, 11) is 1.39. The second kappa shape index (κ2) is 6.96. The number of hydrogen-bond donors (Lipinski definition) is 0. The van der Waals surface area contributed by atoms with Gasteiger partial charge in [-0.05, 0) is 19.8 Å². The van der Waals surface area contributed by atoms with E-state index in [2.05, 4.69) is 4.98 Å². The second-order valence-corrected chi connectivity index (χ2v) is 7.22. The highest BCUT2D eigenvalue weighted by atomic mass is 32.2. The molecule has 1 saturated heterocycles. The van der Waals surface area contributed by atoms with E-state index in [9.17, 15) is 14.4 Å².